The highest BCUT2D eigenvalue weighted by Gasteiger charge is 2.40. The fourth-order valence-corrected chi connectivity index (χ4v) is 2.58. The van der Waals surface area contributed by atoms with E-state index in [1.165, 1.54) is 11.0 Å². The average Bonchev–Trinajstić information content (AvgIpc) is 2.80. The predicted octanol–water partition coefficient (Wildman–Crippen LogP) is 1.74. The monoisotopic (exact) mass is 291 g/mol. The molecule has 0 saturated carbocycles. The zero-order chi connectivity index (χ0) is 15.5. The number of benzene rings is 1. The lowest BCUT2D eigenvalue weighted by Gasteiger charge is -2.30. The first-order valence-corrected chi connectivity index (χ1v) is 6.91. The van der Waals surface area contributed by atoms with E-state index in [4.69, 9.17) is 9.47 Å². The second kappa shape index (κ2) is 6.18. The molecule has 0 aromatic heterocycles. The maximum Gasteiger partial charge on any atom is 0.225 e. The van der Waals surface area contributed by atoms with E-state index in [0.29, 0.717) is 37.3 Å². The van der Waals surface area contributed by atoms with Gasteiger partial charge in [0.25, 0.3) is 0 Å². The van der Waals surface area contributed by atoms with Crippen LogP contribution >= 0.6 is 0 Å². The van der Waals surface area contributed by atoms with E-state index in [9.17, 15) is 9.90 Å². The maximum atomic E-state index is 11.9. The van der Waals surface area contributed by atoms with Gasteiger partial charge in [-0.2, -0.15) is 0 Å². The summed E-state index contributed by atoms with van der Waals surface area (Å²) in [5.41, 5.74) is -0.202. The van der Waals surface area contributed by atoms with E-state index in [2.05, 4.69) is 6.58 Å². The molecule has 1 heterocycles. The summed E-state index contributed by atoms with van der Waals surface area (Å²) in [7, 11) is 3.17. The van der Waals surface area contributed by atoms with Gasteiger partial charge in [-0.3, -0.25) is 4.79 Å². The Morgan fingerprint density at radius 3 is 2.71 bits per heavy atom. The smallest absolute Gasteiger partial charge is 0.225 e. The molecular weight excluding hydrogens is 270 g/mol. The van der Waals surface area contributed by atoms with Gasteiger partial charge < -0.3 is 19.5 Å². The van der Waals surface area contributed by atoms with E-state index in [1.807, 2.05) is 18.2 Å². The van der Waals surface area contributed by atoms with E-state index in [-0.39, 0.29) is 5.91 Å². The standard InChI is InChI=1S/C16H21NO4/c1-4-16(19)9-7-15(18)17(16)10-8-12-5-6-13(20-2)14(11-12)21-3/h4-6,11,19H,1,7-10H2,2-3H3. The van der Waals surface area contributed by atoms with Crippen LogP contribution in [0.2, 0.25) is 0 Å². The normalized spacial score (nSPS) is 21.5. The van der Waals surface area contributed by atoms with Gasteiger partial charge in [0.1, 0.15) is 0 Å². The lowest BCUT2D eigenvalue weighted by Crippen LogP contribution is -2.45. The number of methoxy groups -OCH3 is 2. The molecule has 21 heavy (non-hydrogen) atoms. The van der Waals surface area contributed by atoms with Crippen LogP contribution in [0.3, 0.4) is 0 Å². The molecule has 0 aliphatic carbocycles. The van der Waals surface area contributed by atoms with Crippen LogP contribution in [0.4, 0.5) is 0 Å². The number of rotatable bonds is 6. The van der Waals surface area contributed by atoms with Crippen LogP contribution < -0.4 is 9.47 Å². The largest absolute Gasteiger partial charge is 0.493 e. The van der Waals surface area contributed by atoms with E-state index in [1.54, 1.807) is 14.2 Å². The van der Waals surface area contributed by atoms with Crippen molar-refractivity contribution < 1.29 is 19.4 Å². The molecule has 1 aliphatic heterocycles. The maximum absolute atomic E-state index is 11.9. The predicted molar refractivity (Wildman–Crippen MR) is 79.3 cm³/mol. The number of carbonyl (C=O) groups excluding carboxylic acids is 1. The minimum atomic E-state index is -1.21. The third-order valence-corrected chi connectivity index (χ3v) is 3.87. The van der Waals surface area contributed by atoms with E-state index < -0.39 is 5.72 Å². The first kappa shape index (κ1) is 15.4. The van der Waals surface area contributed by atoms with Gasteiger partial charge in [-0.25, -0.2) is 0 Å². The quantitative estimate of drug-likeness (QED) is 0.811. The molecule has 0 spiro atoms. The van der Waals surface area contributed by atoms with Crippen molar-refractivity contribution in [1.29, 1.82) is 0 Å². The summed E-state index contributed by atoms with van der Waals surface area (Å²) in [5, 5.41) is 10.3. The molecule has 1 atom stereocenters. The van der Waals surface area contributed by atoms with Crippen LogP contribution in [0.25, 0.3) is 0 Å². The summed E-state index contributed by atoms with van der Waals surface area (Å²) in [5.74, 6) is 1.28. The Morgan fingerprint density at radius 2 is 2.10 bits per heavy atom. The Balaban J connectivity index is 2.09. The Morgan fingerprint density at radius 1 is 1.38 bits per heavy atom. The number of amides is 1. The molecule has 0 bridgehead atoms. The lowest BCUT2D eigenvalue weighted by molar-refractivity contribution is -0.138. The van der Waals surface area contributed by atoms with Crippen LogP contribution in [0.15, 0.2) is 30.9 Å². The van der Waals surface area contributed by atoms with Crippen LogP contribution in [-0.4, -0.2) is 42.4 Å². The van der Waals surface area contributed by atoms with Gasteiger partial charge in [0.2, 0.25) is 5.91 Å². The summed E-state index contributed by atoms with van der Waals surface area (Å²) in [4.78, 5) is 13.3. The van der Waals surface area contributed by atoms with Gasteiger partial charge in [0.15, 0.2) is 17.2 Å². The SMILES string of the molecule is C=CC1(O)CCC(=O)N1CCc1ccc(OC)c(OC)c1. The van der Waals surface area contributed by atoms with Gasteiger partial charge in [0.05, 0.1) is 14.2 Å². The Labute approximate surface area is 124 Å². The first-order valence-electron chi connectivity index (χ1n) is 6.91. The van der Waals surface area contributed by atoms with Crippen molar-refractivity contribution >= 4 is 5.91 Å². The average molecular weight is 291 g/mol. The highest BCUT2D eigenvalue weighted by molar-refractivity contribution is 5.79. The molecule has 1 aliphatic rings. The van der Waals surface area contributed by atoms with Crippen molar-refractivity contribution in [2.75, 3.05) is 20.8 Å². The molecule has 5 heteroatoms. The van der Waals surface area contributed by atoms with Crippen LogP contribution in [0, 0.1) is 0 Å². The summed E-state index contributed by atoms with van der Waals surface area (Å²) in [6.07, 6.45) is 2.82. The van der Waals surface area contributed by atoms with E-state index in [0.717, 1.165) is 5.56 Å². The molecule has 114 valence electrons. The van der Waals surface area contributed by atoms with Gasteiger partial charge >= 0.3 is 0 Å². The van der Waals surface area contributed by atoms with Gasteiger partial charge in [-0.15, -0.1) is 0 Å². The van der Waals surface area contributed by atoms with Crippen molar-refractivity contribution in [1.82, 2.24) is 4.90 Å². The summed E-state index contributed by atoms with van der Waals surface area (Å²) in [6.45, 7) is 4.07. The van der Waals surface area contributed by atoms with Gasteiger partial charge in [0, 0.05) is 19.4 Å². The number of aliphatic hydroxyl groups is 1. The molecule has 2 rings (SSSR count). The van der Waals surface area contributed by atoms with Crippen molar-refractivity contribution in [2.45, 2.75) is 25.0 Å². The highest BCUT2D eigenvalue weighted by Crippen LogP contribution is 2.30. The fraction of sp³-hybridized carbons (Fsp3) is 0.438. The molecule has 0 radical (unpaired) electrons. The van der Waals surface area contributed by atoms with Crippen molar-refractivity contribution in [3.63, 3.8) is 0 Å². The second-order valence-electron chi connectivity index (χ2n) is 5.07. The summed E-state index contributed by atoms with van der Waals surface area (Å²) in [6, 6.07) is 5.64. The first-order chi connectivity index (χ1) is 10.0. The molecule has 1 N–H and O–H groups in total. The Bertz CT molecular complexity index is 543. The number of hydrogen-bond acceptors (Lipinski definition) is 4. The van der Waals surface area contributed by atoms with E-state index >= 15 is 0 Å². The Hall–Kier alpha value is -2.01. The molecule has 1 unspecified atom stereocenters. The van der Waals surface area contributed by atoms with Crippen molar-refractivity contribution in [3.8, 4) is 11.5 Å². The summed E-state index contributed by atoms with van der Waals surface area (Å²) < 4.78 is 10.5. The van der Waals surface area contributed by atoms with Gasteiger partial charge in [-0.1, -0.05) is 12.6 Å². The topological polar surface area (TPSA) is 59.0 Å². The molecular formula is C16H21NO4. The van der Waals surface area contributed by atoms with Crippen LogP contribution in [-0.2, 0) is 11.2 Å². The second-order valence-corrected chi connectivity index (χ2v) is 5.07. The molecule has 1 amide bonds. The zero-order valence-electron chi connectivity index (χ0n) is 12.5. The Kier molecular flexibility index (Phi) is 4.53. The minimum Gasteiger partial charge on any atom is -0.493 e. The van der Waals surface area contributed by atoms with Crippen LogP contribution in [0.1, 0.15) is 18.4 Å². The lowest BCUT2D eigenvalue weighted by atomic mass is 10.1. The summed E-state index contributed by atoms with van der Waals surface area (Å²) >= 11 is 0. The number of likely N-dealkylation sites (tertiary alicyclic amines) is 1. The third-order valence-electron chi connectivity index (χ3n) is 3.87. The van der Waals surface area contributed by atoms with Crippen LogP contribution in [0.5, 0.6) is 11.5 Å². The molecule has 1 saturated heterocycles. The minimum absolute atomic E-state index is 0.0436. The fourth-order valence-electron chi connectivity index (χ4n) is 2.58. The van der Waals surface area contributed by atoms with Crippen molar-refractivity contribution in [2.24, 2.45) is 0 Å². The third kappa shape index (κ3) is 3.03. The van der Waals surface area contributed by atoms with Gasteiger partial charge in [-0.05, 0) is 30.2 Å². The zero-order valence-corrected chi connectivity index (χ0v) is 12.5. The molecule has 1 aromatic carbocycles. The number of nitrogens with zero attached hydrogens (tertiary/aromatic N) is 1. The highest BCUT2D eigenvalue weighted by atomic mass is 16.5. The van der Waals surface area contributed by atoms with Crippen molar-refractivity contribution in [3.05, 3.63) is 36.4 Å². The molecule has 5 nitrogen and oxygen atoms in total. The molecule has 1 aromatic rings. The number of carbonyl (C=O) groups is 1. The number of ether oxygens (including phenoxy) is 2. The number of hydrogen-bond donors (Lipinski definition) is 1. The molecule has 1 fully saturated rings.